The highest BCUT2D eigenvalue weighted by Crippen LogP contribution is 2.29. The molecule has 0 bridgehead atoms. The van der Waals surface area contributed by atoms with E-state index in [1.165, 1.54) is 44.1 Å². The molecule has 0 spiro atoms. The fourth-order valence-corrected chi connectivity index (χ4v) is 3.49. The quantitative estimate of drug-likeness (QED) is 0.781. The molecule has 3 heteroatoms. The summed E-state index contributed by atoms with van der Waals surface area (Å²) in [5.41, 5.74) is 0.894. The molecule has 2 rings (SSSR count). The van der Waals surface area contributed by atoms with Gasteiger partial charge in [-0.05, 0) is 37.0 Å². The van der Waals surface area contributed by atoms with Crippen molar-refractivity contribution in [2.45, 2.75) is 63.5 Å². The van der Waals surface area contributed by atoms with Crippen LogP contribution in [0.1, 0.15) is 57.4 Å². The first-order valence-corrected chi connectivity index (χ1v) is 8.64. The van der Waals surface area contributed by atoms with E-state index in [1.54, 1.807) is 0 Å². The lowest BCUT2D eigenvalue weighted by molar-refractivity contribution is 0.137. The second kappa shape index (κ2) is 7.58. The van der Waals surface area contributed by atoms with Gasteiger partial charge in [0.1, 0.15) is 0 Å². The third kappa shape index (κ3) is 3.84. The molecule has 1 unspecified atom stereocenters. The summed E-state index contributed by atoms with van der Waals surface area (Å²) in [6.45, 7) is 2.31. The Morgan fingerprint density at radius 1 is 1.15 bits per heavy atom. The van der Waals surface area contributed by atoms with E-state index in [9.17, 15) is 5.11 Å². The summed E-state index contributed by atoms with van der Waals surface area (Å²) in [6.07, 6.45) is 8.70. The first-order valence-electron chi connectivity index (χ1n) is 7.85. The van der Waals surface area contributed by atoms with Crippen LogP contribution in [0, 0.1) is 0 Å². The van der Waals surface area contributed by atoms with Crippen LogP contribution in [0.4, 0.5) is 0 Å². The maximum absolute atomic E-state index is 10.0. The summed E-state index contributed by atoms with van der Waals surface area (Å²) < 4.78 is 1.08. The second-order valence-electron chi connectivity index (χ2n) is 5.93. The zero-order valence-corrected chi connectivity index (χ0v) is 14.0. The van der Waals surface area contributed by atoms with Gasteiger partial charge < -0.3 is 10.4 Å². The average Bonchev–Trinajstić information content (AvgIpc) is 2.74. The van der Waals surface area contributed by atoms with Crippen LogP contribution >= 0.6 is 15.9 Å². The van der Waals surface area contributed by atoms with E-state index in [0.29, 0.717) is 6.04 Å². The molecule has 1 aromatic rings. The molecule has 0 aromatic heterocycles. The molecule has 1 aliphatic rings. The van der Waals surface area contributed by atoms with E-state index in [0.717, 1.165) is 10.9 Å². The number of aliphatic hydroxyl groups is 1. The first kappa shape index (κ1) is 16.0. The molecule has 1 aromatic carbocycles. The molecule has 2 N–H and O–H groups in total. The Kier molecular flexibility index (Phi) is 6.06. The molecule has 0 saturated heterocycles. The highest BCUT2D eigenvalue weighted by atomic mass is 79.9. The molecule has 0 aliphatic heterocycles. The number of hydrogen-bond acceptors (Lipinski definition) is 2. The van der Waals surface area contributed by atoms with E-state index >= 15 is 0 Å². The molecule has 1 atom stereocenters. The van der Waals surface area contributed by atoms with E-state index in [-0.39, 0.29) is 12.1 Å². The van der Waals surface area contributed by atoms with Crippen LogP contribution in [0.5, 0.6) is 0 Å². The standard InChI is InChI=1S/C17H26BrNO/c1-2-17(13-20,14-9-11-15(18)12-10-14)19-16-7-5-3-4-6-8-16/h9-12,16,19-20H,2-8,13H2,1H3. The van der Waals surface area contributed by atoms with Crippen molar-refractivity contribution in [1.29, 1.82) is 0 Å². The molecule has 1 fully saturated rings. The normalized spacial score (nSPS) is 20.4. The molecular formula is C17H26BrNO. The molecule has 112 valence electrons. The molecule has 0 radical (unpaired) electrons. The van der Waals surface area contributed by atoms with Crippen LogP contribution in [0.15, 0.2) is 28.7 Å². The zero-order valence-electron chi connectivity index (χ0n) is 12.4. The van der Waals surface area contributed by atoms with Gasteiger partial charge >= 0.3 is 0 Å². The Bertz CT molecular complexity index is 392. The molecule has 1 aliphatic carbocycles. The Morgan fingerprint density at radius 3 is 2.25 bits per heavy atom. The van der Waals surface area contributed by atoms with Gasteiger partial charge in [-0.15, -0.1) is 0 Å². The van der Waals surface area contributed by atoms with Gasteiger partial charge in [-0.3, -0.25) is 0 Å². The van der Waals surface area contributed by atoms with Gasteiger partial charge in [0, 0.05) is 10.5 Å². The van der Waals surface area contributed by atoms with Crippen LogP contribution in [0.25, 0.3) is 0 Å². The fraction of sp³-hybridized carbons (Fsp3) is 0.647. The van der Waals surface area contributed by atoms with E-state index in [1.807, 2.05) is 0 Å². The first-order chi connectivity index (χ1) is 9.70. The smallest absolute Gasteiger partial charge is 0.0668 e. The largest absolute Gasteiger partial charge is 0.394 e. The molecule has 0 amide bonds. The number of hydrogen-bond donors (Lipinski definition) is 2. The summed E-state index contributed by atoms with van der Waals surface area (Å²) in [4.78, 5) is 0. The summed E-state index contributed by atoms with van der Waals surface area (Å²) in [5, 5.41) is 13.8. The van der Waals surface area contributed by atoms with Crippen molar-refractivity contribution >= 4 is 15.9 Å². The van der Waals surface area contributed by atoms with Crippen LogP contribution in [-0.4, -0.2) is 17.8 Å². The third-order valence-corrected chi connectivity index (χ3v) is 5.13. The summed E-state index contributed by atoms with van der Waals surface area (Å²) in [7, 11) is 0. The zero-order chi connectivity index (χ0) is 14.4. The SMILES string of the molecule is CCC(CO)(NC1CCCCCC1)c1ccc(Br)cc1. The van der Waals surface area contributed by atoms with Gasteiger partial charge in [0.05, 0.1) is 12.1 Å². The summed E-state index contributed by atoms with van der Waals surface area (Å²) in [6, 6.07) is 8.89. The van der Waals surface area contributed by atoms with Gasteiger partial charge in [0.15, 0.2) is 0 Å². The molecule has 0 heterocycles. The summed E-state index contributed by atoms with van der Waals surface area (Å²) in [5.74, 6) is 0. The molecule has 2 nitrogen and oxygen atoms in total. The van der Waals surface area contributed by atoms with Gasteiger partial charge in [0.25, 0.3) is 0 Å². The lowest BCUT2D eigenvalue weighted by Crippen LogP contribution is -2.50. The van der Waals surface area contributed by atoms with Gasteiger partial charge in [-0.2, -0.15) is 0 Å². The maximum atomic E-state index is 10.0. The van der Waals surface area contributed by atoms with E-state index in [4.69, 9.17) is 0 Å². The number of halogens is 1. The number of aliphatic hydroxyl groups excluding tert-OH is 1. The lowest BCUT2D eigenvalue weighted by atomic mass is 9.86. The second-order valence-corrected chi connectivity index (χ2v) is 6.85. The lowest BCUT2D eigenvalue weighted by Gasteiger charge is -2.37. The maximum Gasteiger partial charge on any atom is 0.0668 e. The van der Waals surface area contributed by atoms with Crippen molar-refractivity contribution in [1.82, 2.24) is 5.32 Å². The minimum atomic E-state index is -0.296. The van der Waals surface area contributed by atoms with Crippen LogP contribution in [0.3, 0.4) is 0 Å². The topological polar surface area (TPSA) is 32.3 Å². The third-order valence-electron chi connectivity index (χ3n) is 4.61. The average molecular weight is 340 g/mol. The molecular weight excluding hydrogens is 314 g/mol. The van der Waals surface area contributed by atoms with Gasteiger partial charge in [-0.25, -0.2) is 0 Å². The Labute approximate surface area is 131 Å². The van der Waals surface area contributed by atoms with Crippen molar-refractivity contribution < 1.29 is 5.11 Å². The monoisotopic (exact) mass is 339 g/mol. The van der Waals surface area contributed by atoms with Crippen molar-refractivity contribution in [2.24, 2.45) is 0 Å². The predicted octanol–water partition coefficient (Wildman–Crippen LogP) is 4.36. The van der Waals surface area contributed by atoms with Gasteiger partial charge in [-0.1, -0.05) is 60.7 Å². The highest BCUT2D eigenvalue weighted by Gasteiger charge is 2.32. The van der Waals surface area contributed by atoms with Crippen molar-refractivity contribution in [3.63, 3.8) is 0 Å². The Hall–Kier alpha value is -0.380. The Balaban J connectivity index is 2.17. The Morgan fingerprint density at radius 2 is 1.75 bits per heavy atom. The van der Waals surface area contributed by atoms with Crippen LogP contribution in [-0.2, 0) is 5.54 Å². The molecule has 1 saturated carbocycles. The molecule has 20 heavy (non-hydrogen) atoms. The van der Waals surface area contributed by atoms with Crippen LogP contribution in [0.2, 0.25) is 0 Å². The number of nitrogens with one attached hydrogen (secondary N) is 1. The van der Waals surface area contributed by atoms with E-state index < -0.39 is 0 Å². The summed E-state index contributed by atoms with van der Waals surface area (Å²) >= 11 is 3.48. The van der Waals surface area contributed by atoms with Crippen molar-refractivity contribution in [3.05, 3.63) is 34.3 Å². The van der Waals surface area contributed by atoms with Crippen molar-refractivity contribution in [2.75, 3.05) is 6.61 Å². The fourth-order valence-electron chi connectivity index (χ4n) is 3.22. The minimum Gasteiger partial charge on any atom is -0.394 e. The highest BCUT2D eigenvalue weighted by molar-refractivity contribution is 9.10. The van der Waals surface area contributed by atoms with Crippen LogP contribution < -0.4 is 5.32 Å². The number of benzene rings is 1. The van der Waals surface area contributed by atoms with Gasteiger partial charge in [0.2, 0.25) is 0 Å². The minimum absolute atomic E-state index is 0.154. The predicted molar refractivity (Wildman–Crippen MR) is 87.8 cm³/mol. The number of rotatable bonds is 5. The van der Waals surface area contributed by atoms with Crippen molar-refractivity contribution in [3.8, 4) is 0 Å². The van der Waals surface area contributed by atoms with E-state index in [2.05, 4.69) is 52.4 Å².